The van der Waals surface area contributed by atoms with Crippen molar-refractivity contribution in [1.29, 1.82) is 5.26 Å². The summed E-state index contributed by atoms with van der Waals surface area (Å²) in [5, 5.41) is 9.87. The Kier molecular flexibility index (Phi) is 7.64. The smallest absolute Gasteiger partial charge is 0.263 e. The van der Waals surface area contributed by atoms with Gasteiger partial charge in [-0.2, -0.15) is 5.26 Å². The third-order valence-electron chi connectivity index (χ3n) is 5.33. The van der Waals surface area contributed by atoms with Gasteiger partial charge in [-0.05, 0) is 49.9 Å². The predicted molar refractivity (Wildman–Crippen MR) is 136 cm³/mol. The van der Waals surface area contributed by atoms with E-state index in [1.54, 1.807) is 36.4 Å². The third-order valence-corrected chi connectivity index (χ3v) is 7.82. The average Bonchev–Trinajstić information content (AvgIpc) is 3.20. The van der Waals surface area contributed by atoms with Gasteiger partial charge in [0.05, 0.1) is 20.8 Å². The largest absolute Gasteiger partial charge is 0.487 e. The van der Waals surface area contributed by atoms with Crippen molar-refractivity contribution >= 4 is 50.5 Å². The molecule has 4 rings (SSSR count). The molecular weight excluding hydrogens is 533 g/mol. The van der Waals surface area contributed by atoms with Crippen molar-refractivity contribution in [3.05, 3.63) is 75.2 Å². The molecule has 0 radical (unpaired) electrons. The van der Waals surface area contributed by atoms with E-state index in [-0.39, 0.29) is 43.8 Å². The molecule has 35 heavy (non-hydrogen) atoms. The van der Waals surface area contributed by atoms with E-state index in [9.17, 15) is 13.7 Å². The maximum atomic E-state index is 13.0. The van der Waals surface area contributed by atoms with Crippen LogP contribution in [0.2, 0.25) is 15.1 Å². The molecule has 1 saturated heterocycles. The Bertz CT molecular complexity index is 1410. The van der Waals surface area contributed by atoms with Crippen molar-refractivity contribution < 1.29 is 17.9 Å². The topological polar surface area (TPSA) is 91.7 Å². The molecule has 1 unspecified atom stereocenters. The van der Waals surface area contributed by atoms with Gasteiger partial charge in [0.2, 0.25) is 0 Å². The number of likely N-dealkylation sites (tertiary alicyclic amines) is 1. The zero-order valence-corrected chi connectivity index (χ0v) is 21.5. The van der Waals surface area contributed by atoms with E-state index in [1.165, 1.54) is 18.2 Å². The standard InChI is InChI=1S/C24H20Cl3N3O4S/c1-30-10-9-17(14-30)34-23-11-15(5-7-20(23)26)29-35(31,32)24-8-6-16(12-21(24)27)33-22-4-2-3-19(25)18(22)13-28/h2-8,11-12,17,29H,9-10,14H2,1H3. The Labute approximate surface area is 218 Å². The highest BCUT2D eigenvalue weighted by molar-refractivity contribution is 7.92. The number of hydrogen-bond donors (Lipinski definition) is 1. The number of likely N-dealkylation sites (N-methyl/N-ethyl adjacent to an activating group) is 1. The van der Waals surface area contributed by atoms with Gasteiger partial charge in [0.25, 0.3) is 10.0 Å². The van der Waals surface area contributed by atoms with E-state index >= 15 is 0 Å². The molecule has 0 aromatic heterocycles. The highest BCUT2D eigenvalue weighted by Gasteiger charge is 2.23. The molecule has 0 bridgehead atoms. The van der Waals surface area contributed by atoms with Crippen LogP contribution in [0, 0.1) is 11.3 Å². The first-order valence-corrected chi connectivity index (χ1v) is 13.1. The van der Waals surface area contributed by atoms with Crippen LogP contribution in [0.1, 0.15) is 12.0 Å². The number of benzene rings is 3. The summed E-state index contributed by atoms with van der Waals surface area (Å²) in [4.78, 5) is 2.00. The van der Waals surface area contributed by atoms with Crippen LogP contribution in [0.15, 0.2) is 59.5 Å². The molecule has 11 heteroatoms. The lowest BCUT2D eigenvalue weighted by Crippen LogP contribution is -2.21. The Morgan fingerprint density at radius 3 is 2.51 bits per heavy atom. The zero-order chi connectivity index (χ0) is 25.2. The Morgan fingerprint density at radius 1 is 1.03 bits per heavy atom. The Hall–Kier alpha value is -2.67. The van der Waals surface area contributed by atoms with Gasteiger partial charge in [0.1, 0.15) is 39.9 Å². The molecule has 1 aliphatic rings. The number of sulfonamides is 1. The van der Waals surface area contributed by atoms with Gasteiger partial charge in [0.15, 0.2) is 0 Å². The minimum Gasteiger partial charge on any atom is -0.487 e. The minimum absolute atomic E-state index is 0.0209. The summed E-state index contributed by atoms with van der Waals surface area (Å²) in [6, 6.07) is 15.5. The molecule has 1 atom stereocenters. The van der Waals surface area contributed by atoms with Crippen molar-refractivity contribution in [2.24, 2.45) is 0 Å². The molecular formula is C24H20Cl3N3O4S. The maximum Gasteiger partial charge on any atom is 0.263 e. The van der Waals surface area contributed by atoms with Crippen LogP contribution in [-0.2, 0) is 10.0 Å². The second-order valence-electron chi connectivity index (χ2n) is 7.96. The van der Waals surface area contributed by atoms with Gasteiger partial charge in [-0.15, -0.1) is 0 Å². The number of nitrogens with zero attached hydrogens (tertiary/aromatic N) is 2. The van der Waals surface area contributed by atoms with Crippen LogP contribution in [0.25, 0.3) is 0 Å². The van der Waals surface area contributed by atoms with Crippen LogP contribution in [0.5, 0.6) is 17.2 Å². The Morgan fingerprint density at radius 2 is 1.83 bits per heavy atom. The summed E-state index contributed by atoms with van der Waals surface area (Å²) < 4.78 is 40.3. The fourth-order valence-corrected chi connectivity index (χ4v) is 5.58. The first-order chi connectivity index (χ1) is 16.7. The highest BCUT2D eigenvalue weighted by Crippen LogP contribution is 2.35. The fraction of sp³-hybridized carbons (Fsp3) is 0.208. The predicted octanol–water partition coefficient (Wildman–Crippen LogP) is 6.19. The van der Waals surface area contributed by atoms with E-state index in [4.69, 9.17) is 44.3 Å². The molecule has 182 valence electrons. The first-order valence-electron chi connectivity index (χ1n) is 10.5. The third kappa shape index (κ3) is 5.95. The summed E-state index contributed by atoms with van der Waals surface area (Å²) in [5.41, 5.74) is 0.443. The molecule has 3 aromatic rings. The molecule has 1 heterocycles. The van der Waals surface area contributed by atoms with Crippen LogP contribution >= 0.6 is 34.8 Å². The van der Waals surface area contributed by atoms with Crippen molar-refractivity contribution in [2.75, 3.05) is 24.9 Å². The lowest BCUT2D eigenvalue weighted by molar-refractivity contribution is 0.208. The second-order valence-corrected chi connectivity index (χ2v) is 10.8. The summed E-state index contributed by atoms with van der Waals surface area (Å²) in [5.74, 6) is 0.875. The summed E-state index contributed by atoms with van der Waals surface area (Å²) in [7, 11) is -2.03. The summed E-state index contributed by atoms with van der Waals surface area (Å²) >= 11 is 18.6. The van der Waals surface area contributed by atoms with E-state index in [2.05, 4.69) is 9.62 Å². The van der Waals surface area contributed by atoms with Gasteiger partial charge in [-0.3, -0.25) is 4.72 Å². The minimum atomic E-state index is -4.04. The average molecular weight is 553 g/mol. The van der Waals surface area contributed by atoms with Gasteiger partial charge in [0, 0.05) is 25.2 Å². The van der Waals surface area contributed by atoms with Crippen molar-refractivity contribution in [2.45, 2.75) is 17.4 Å². The number of nitrogens with one attached hydrogen (secondary N) is 1. The maximum absolute atomic E-state index is 13.0. The second kappa shape index (κ2) is 10.5. The van der Waals surface area contributed by atoms with Crippen LogP contribution < -0.4 is 14.2 Å². The number of hydrogen-bond acceptors (Lipinski definition) is 6. The van der Waals surface area contributed by atoms with E-state index in [0.717, 1.165) is 19.5 Å². The normalized spacial score (nSPS) is 16.0. The van der Waals surface area contributed by atoms with Crippen molar-refractivity contribution in [1.82, 2.24) is 4.90 Å². The number of nitriles is 1. The number of ether oxygens (including phenoxy) is 2. The van der Waals surface area contributed by atoms with E-state index < -0.39 is 10.0 Å². The van der Waals surface area contributed by atoms with Gasteiger partial charge in [-0.1, -0.05) is 40.9 Å². The molecule has 0 amide bonds. The zero-order valence-electron chi connectivity index (χ0n) is 18.5. The molecule has 0 saturated carbocycles. The monoisotopic (exact) mass is 551 g/mol. The Balaban J connectivity index is 1.53. The lowest BCUT2D eigenvalue weighted by atomic mass is 10.2. The molecule has 1 fully saturated rings. The van der Waals surface area contributed by atoms with E-state index in [0.29, 0.717) is 10.8 Å². The molecule has 7 nitrogen and oxygen atoms in total. The first kappa shape index (κ1) is 25.4. The fourth-order valence-electron chi connectivity index (χ4n) is 3.63. The molecule has 1 N–H and O–H groups in total. The lowest BCUT2D eigenvalue weighted by Gasteiger charge is -2.17. The summed E-state index contributed by atoms with van der Waals surface area (Å²) in [6.45, 7) is 1.68. The van der Waals surface area contributed by atoms with Crippen molar-refractivity contribution in [3.63, 3.8) is 0 Å². The number of rotatable bonds is 7. The quantitative estimate of drug-likeness (QED) is 0.375. The highest BCUT2D eigenvalue weighted by atomic mass is 35.5. The van der Waals surface area contributed by atoms with Crippen LogP contribution in [0.3, 0.4) is 0 Å². The van der Waals surface area contributed by atoms with Gasteiger partial charge < -0.3 is 14.4 Å². The van der Waals surface area contributed by atoms with Crippen LogP contribution in [-0.4, -0.2) is 39.6 Å². The molecule has 0 aliphatic carbocycles. The van der Waals surface area contributed by atoms with Gasteiger partial charge >= 0.3 is 0 Å². The van der Waals surface area contributed by atoms with E-state index in [1.807, 2.05) is 13.1 Å². The number of anilines is 1. The molecule has 0 spiro atoms. The summed E-state index contributed by atoms with van der Waals surface area (Å²) in [6.07, 6.45) is 0.838. The van der Waals surface area contributed by atoms with Crippen LogP contribution in [0.4, 0.5) is 5.69 Å². The van der Waals surface area contributed by atoms with Crippen molar-refractivity contribution in [3.8, 4) is 23.3 Å². The molecule has 1 aliphatic heterocycles. The SMILES string of the molecule is CN1CCC(Oc2cc(NS(=O)(=O)c3ccc(Oc4cccc(Cl)c4C#N)cc3Cl)ccc2Cl)C1. The molecule has 3 aromatic carbocycles. The number of halogens is 3. The van der Waals surface area contributed by atoms with Gasteiger partial charge in [-0.25, -0.2) is 8.42 Å².